The Morgan fingerprint density at radius 1 is 1.32 bits per heavy atom. The van der Waals surface area contributed by atoms with E-state index in [2.05, 4.69) is 5.32 Å². The molecule has 2 saturated carbocycles. The molecule has 0 aliphatic heterocycles. The van der Waals surface area contributed by atoms with Crippen molar-refractivity contribution < 1.29 is 9.50 Å². The summed E-state index contributed by atoms with van der Waals surface area (Å²) in [5, 5.41) is 13.5. The zero-order valence-corrected chi connectivity index (χ0v) is 11.8. The summed E-state index contributed by atoms with van der Waals surface area (Å²) < 4.78 is 13.2. The molecular formula is C15H20FNOS. The van der Waals surface area contributed by atoms with Gasteiger partial charge in [0.2, 0.25) is 0 Å². The topological polar surface area (TPSA) is 32.3 Å². The Kier molecular flexibility index (Phi) is 3.83. The van der Waals surface area contributed by atoms with Gasteiger partial charge in [-0.1, -0.05) is 6.07 Å². The predicted molar refractivity (Wildman–Crippen MR) is 75.8 cm³/mol. The van der Waals surface area contributed by atoms with Gasteiger partial charge in [0.1, 0.15) is 5.82 Å². The van der Waals surface area contributed by atoms with Crippen LogP contribution in [0.4, 0.5) is 4.39 Å². The number of halogens is 1. The highest BCUT2D eigenvalue weighted by molar-refractivity contribution is 7.99. The molecule has 2 nitrogen and oxygen atoms in total. The van der Waals surface area contributed by atoms with Crippen LogP contribution in [0.1, 0.15) is 25.7 Å². The van der Waals surface area contributed by atoms with Crippen LogP contribution < -0.4 is 5.32 Å². The van der Waals surface area contributed by atoms with Gasteiger partial charge >= 0.3 is 0 Å². The van der Waals surface area contributed by atoms with Gasteiger partial charge in [0.15, 0.2) is 0 Å². The Morgan fingerprint density at radius 3 is 2.68 bits per heavy atom. The van der Waals surface area contributed by atoms with Crippen LogP contribution in [0.2, 0.25) is 0 Å². The van der Waals surface area contributed by atoms with Gasteiger partial charge < -0.3 is 10.4 Å². The lowest BCUT2D eigenvalue weighted by Gasteiger charge is -2.33. The van der Waals surface area contributed by atoms with Crippen LogP contribution in [0.25, 0.3) is 0 Å². The minimum Gasteiger partial charge on any atom is -0.394 e. The van der Waals surface area contributed by atoms with E-state index in [0.717, 1.165) is 10.6 Å². The summed E-state index contributed by atoms with van der Waals surface area (Å²) in [4.78, 5) is 0.941. The number of nitrogens with one attached hydrogen (secondary N) is 1. The molecule has 0 bridgehead atoms. The van der Waals surface area contributed by atoms with Crippen LogP contribution in [0.3, 0.4) is 0 Å². The Balaban J connectivity index is 1.66. The average Bonchev–Trinajstić information content (AvgIpc) is 3.27. The molecule has 0 amide bonds. The van der Waals surface area contributed by atoms with E-state index in [-0.39, 0.29) is 18.0 Å². The van der Waals surface area contributed by atoms with E-state index in [1.54, 1.807) is 23.9 Å². The third-order valence-corrected chi connectivity index (χ3v) is 5.25. The normalized spacial score (nSPS) is 22.2. The van der Waals surface area contributed by atoms with Crippen molar-refractivity contribution in [3.05, 3.63) is 30.1 Å². The van der Waals surface area contributed by atoms with Crippen molar-refractivity contribution in [1.29, 1.82) is 0 Å². The lowest BCUT2D eigenvalue weighted by atomic mass is 9.96. The molecule has 1 unspecified atom stereocenters. The number of aliphatic hydroxyl groups is 1. The fraction of sp³-hybridized carbons (Fsp3) is 0.600. The highest BCUT2D eigenvalue weighted by Crippen LogP contribution is 2.43. The smallest absolute Gasteiger partial charge is 0.124 e. The maximum atomic E-state index is 13.2. The molecule has 0 radical (unpaired) electrons. The average molecular weight is 281 g/mol. The van der Waals surface area contributed by atoms with Gasteiger partial charge in [0.25, 0.3) is 0 Å². The molecule has 0 aromatic heterocycles. The van der Waals surface area contributed by atoms with Gasteiger partial charge in [-0.3, -0.25) is 0 Å². The number of aliphatic hydroxyl groups excluding tert-OH is 1. The standard InChI is InChI=1S/C15H20FNOS/c16-12-2-1-3-14(8-12)19-10-15(9-18,11-4-5-11)17-13-6-7-13/h1-3,8,11,13,17-18H,4-7,9-10H2. The predicted octanol–water partition coefficient (Wildman–Crippen LogP) is 2.81. The van der Waals surface area contributed by atoms with Crippen molar-refractivity contribution in [3.63, 3.8) is 0 Å². The van der Waals surface area contributed by atoms with Gasteiger partial charge in [0.05, 0.1) is 12.1 Å². The maximum Gasteiger partial charge on any atom is 0.124 e. The summed E-state index contributed by atoms with van der Waals surface area (Å²) in [6.07, 6.45) is 4.84. The summed E-state index contributed by atoms with van der Waals surface area (Å²) >= 11 is 1.64. The molecule has 19 heavy (non-hydrogen) atoms. The van der Waals surface area contributed by atoms with Gasteiger partial charge in [-0.25, -0.2) is 4.39 Å². The second-order valence-corrected chi connectivity index (χ2v) is 6.80. The molecule has 104 valence electrons. The highest BCUT2D eigenvalue weighted by Gasteiger charge is 2.47. The lowest BCUT2D eigenvalue weighted by molar-refractivity contribution is 0.157. The molecule has 3 rings (SSSR count). The minimum atomic E-state index is -0.193. The van der Waals surface area contributed by atoms with Crippen molar-refractivity contribution in [1.82, 2.24) is 5.32 Å². The van der Waals surface area contributed by atoms with Crippen molar-refractivity contribution in [2.24, 2.45) is 5.92 Å². The number of rotatable bonds is 7. The summed E-state index contributed by atoms with van der Waals surface area (Å²) in [6.45, 7) is 0.177. The second-order valence-electron chi connectivity index (χ2n) is 5.75. The number of benzene rings is 1. The van der Waals surface area contributed by atoms with Gasteiger partial charge in [-0.05, 0) is 49.8 Å². The zero-order chi connectivity index (χ0) is 13.3. The van der Waals surface area contributed by atoms with Crippen LogP contribution in [0, 0.1) is 11.7 Å². The molecule has 1 atom stereocenters. The van der Waals surface area contributed by atoms with Crippen molar-refractivity contribution in [2.45, 2.75) is 42.2 Å². The number of thioether (sulfide) groups is 1. The molecule has 0 saturated heterocycles. The number of hydrogen-bond donors (Lipinski definition) is 2. The highest BCUT2D eigenvalue weighted by atomic mass is 32.2. The summed E-state index contributed by atoms with van der Waals surface area (Å²) in [5.74, 6) is 1.20. The Morgan fingerprint density at radius 2 is 2.11 bits per heavy atom. The molecule has 0 spiro atoms. The first-order chi connectivity index (χ1) is 9.22. The van der Waals surface area contributed by atoms with Gasteiger partial charge in [-0.2, -0.15) is 0 Å². The monoisotopic (exact) mass is 281 g/mol. The lowest BCUT2D eigenvalue weighted by Crippen LogP contribution is -2.53. The third kappa shape index (κ3) is 3.30. The molecule has 4 heteroatoms. The number of hydrogen-bond acceptors (Lipinski definition) is 3. The molecule has 1 aromatic rings. The molecule has 1 aromatic carbocycles. The Hall–Kier alpha value is -0.580. The van der Waals surface area contributed by atoms with Crippen LogP contribution in [0.15, 0.2) is 29.2 Å². The van der Waals surface area contributed by atoms with E-state index in [1.165, 1.54) is 31.7 Å². The Bertz CT molecular complexity index is 448. The summed E-state index contributed by atoms with van der Waals surface area (Å²) in [6, 6.07) is 7.29. The zero-order valence-electron chi connectivity index (χ0n) is 10.9. The molecule has 2 aliphatic carbocycles. The van der Waals surface area contributed by atoms with Crippen LogP contribution >= 0.6 is 11.8 Å². The largest absolute Gasteiger partial charge is 0.394 e. The molecule has 2 N–H and O–H groups in total. The maximum absolute atomic E-state index is 13.2. The Labute approximate surface area is 117 Å². The van der Waals surface area contributed by atoms with E-state index in [0.29, 0.717) is 12.0 Å². The summed E-state index contributed by atoms with van der Waals surface area (Å²) in [7, 11) is 0. The molecule has 0 heterocycles. The SMILES string of the molecule is OCC(CSc1cccc(F)c1)(NC1CC1)C1CC1. The van der Waals surface area contributed by atoms with Crippen LogP contribution in [0.5, 0.6) is 0 Å². The van der Waals surface area contributed by atoms with Crippen LogP contribution in [-0.2, 0) is 0 Å². The van der Waals surface area contributed by atoms with Crippen molar-refractivity contribution in [3.8, 4) is 0 Å². The van der Waals surface area contributed by atoms with E-state index in [1.807, 2.05) is 6.07 Å². The van der Waals surface area contributed by atoms with Gasteiger partial charge in [0, 0.05) is 16.7 Å². The van der Waals surface area contributed by atoms with Crippen molar-refractivity contribution in [2.75, 3.05) is 12.4 Å². The quantitative estimate of drug-likeness (QED) is 0.754. The first-order valence-electron chi connectivity index (χ1n) is 6.99. The third-order valence-electron chi connectivity index (χ3n) is 4.00. The van der Waals surface area contributed by atoms with E-state index in [4.69, 9.17) is 0 Å². The second kappa shape index (κ2) is 5.43. The minimum absolute atomic E-state index is 0.169. The fourth-order valence-electron chi connectivity index (χ4n) is 2.54. The first kappa shape index (κ1) is 13.4. The van der Waals surface area contributed by atoms with Crippen LogP contribution in [-0.4, -0.2) is 29.0 Å². The van der Waals surface area contributed by atoms with Gasteiger partial charge in [-0.15, -0.1) is 11.8 Å². The fourth-order valence-corrected chi connectivity index (χ4v) is 3.74. The molecule has 2 fully saturated rings. The van der Waals surface area contributed by atoms with E-state index in [9.17, 15) is 9.50 Å². The van der Waals surface area contributed by atoms with E-state index < -0.39 is 0 Å². The molecule has 2 aliphatic rings. The van der Waals surface area contributed by atoms with E-state index >= 15 is 0 Å². The first-order valence-corrected chi connectivity index (χ1v) is 7.97. The van der Waals surface area contributed by atoms with Crippen molar-refractivity contribution >= 4 is 11.8 Å². The summed E-state index contributed by atoms with van der Waals surface area (Å²) in [5.41, 5.74) is -0.169. The molecular weight excluding hydrogens is 261 g/mol.